The summed E-state index contributed by atoms with van der Waals surface area (Å²) in [6.45, 7) is 0. The fourth-order valence-corrected chi connectivity index (χ4v) is 8.24. The molecule has 1 heterocycles. The van der Waals surface area contributed by atoms with Crippen molar-refractivity contribution in [1.82, 2.24) is 0 Å². The molecule has 238 valence electrons. The Labute approximate surface area is 311 Å². The number of rotatable bonds is 7. The maximum atomic E-state index is 8.58. The molecule has 0 atom stereocenters. The van der Waals surface area contributed by atoms with Gasteiger partial charge in [-0.05, 0) is 94.7 Å². The van der Waals surface area contributed by atoms with Gasteiger partial charge >= 0.3 is 0 Å². The van der Waals surface area contributed by atoms with Gasteiger partial charge in [0.05, 0.1) is 6.85 Å². The van der Waals surface area contributed by atoms with E-state index in [1.54, 1.807) is 11.3 Å². The molecule has 0 saturated heterocycles. The van der Waals surface area contributed by atoms with Crippen LogP contribution in [0.2, 0.25) is 0 Å². The van der Waals surface area contributed by atoms with Gasteiger partial charge in [-0.1, -0.05) is 131 Å². The van der Waals surface area contributed by atoms with Gasteiger partial charge in [-0.3, -0.25) is 0 Å². The number of benzene rings is 8. The van der Waals surface area contributed by atoms with Crippen molar-refractivity contribution in [2.75, 3.05) is 9.80 Å². The second-order valence-electron chi connectivity index (χ2n) is 12.0. The maximum Gasteiger partial charge on any atom is 0.0629 e. The minimum atomic E-state index is -0.406. The highest BCUT2D eigenvalue weighted by atomic mass is 79.9. The van der Waals surface area contributed by atoms with Crippen LogP contribution in [0.1, 0.15) is 6.85 Å². The molecule has 50 heavy (non-hydrogen) atoms. The lowest BCUT2D eigenvalue weighted by atomic mass is 10.0. The Kier molecular flexibility index (Phi) is 6.57. The number of fused-ring (bicyclic) bond motifs is 4. The molecule has 0 radical (unpaired) electrons. The third-order valence-corrected chi connectivity index (χ3v) is 10.5. The second-order valence-corrected chi connectivity index (χ2v) is 14.0. The van der Waals surface area contributed by atoms with Crippen molar-refractivity contribution in [2.45, 2.75) is 0 Å². The molecule has 0 bridgehead atoms. The third-order valence-electron chi connectivity index (χ3n) is 8.92. The summed E-state index contributed by atoms with van der Waals surface area (Å²) in [4.78, 5) is 4.46. The molecular formula is C46H31BrN2S. The van der Waals surface area contributed by atoms with Crippen LogP contribution in [-0.4, -0.2) is 0 Å². The number of thiophene rings is 1. The molecule has 0 spiro atoms. The number of hydrogen-bond donors (Lipinski definition) is 0. The fraction of sp³-hybridized carbons (Fsp3) is 0. The fourth-order valence-electron chi connectivity index (χ4n) is 6.63. The van der Waals surface area contributed by atoms with Gasteiger partial charge in [0.2, 0.25) is 0 Å². The van der Waals surface area contributed by atoms with E-state index in [2.05, 4.69) is 141 Å². The standard InChI is InChI=1S/C46H31BrN2S/c47-36-28-41(48(37-15-5-2-6-16-37)39-24-21-33-13-7-8-14-35(33)27-39)30-42(29-36)49(38-22-19-34(20-23-38)32-11-3-1-4-12-32)40-25-26-44-43-17-9-10-18-45(43)50-46(44)31-40/h1-31H/i1D,3D,4D,11D,12D. The van der Waals surface area contributed by atoms with Crippen LogP contribution in [0.3, 0.4) is 0 Å². The lowest BCUT2D eigenvalue weighted by Crippen LogP contribution is -2.13. The number of anilines is 6. The van der Waals surface area contributed by atoms with Crippen molar-refractivity contribution >= 4 is 92.3 Å². The Bertz CT molecular complexity index is 2880. The summed E-state index contributed by atoms with van der Waals surface area (Å²) in [7, 11) is 0. The second kappa shape index (κ2) is 13.0. The molecule has 0 aliphatic heterocycles. The molecule has 0 aliphatic carbocycles. The minimum Gasteiger partial charge on any atom is -0.310 e. The van der Waals surface area contributed by atoms with Crippen LogP contribution in [-0.2, 0) is 0 Å². The highest BCUT2D eigenvalue weighted by molar-refractivity contribution is 9.10. The Morgan fingerprint density at radius 2 is 1.02 bits per heavy atom. The van der Waals surface area contributed by atoms with Gasteiger partial charge in [-0.2, -0.15) is 0 Å². The summed E-state index contributed by atoms with van der Waals surface area (Å²) in [6, 6.07) is 52.7. The average molecular weight is 729 g/mol. The number of hydrogen-bond acceptors (Lipinski definition) is 3. The quantitative estimate of drug-likeness (QED) is 0.161. The molecule has 9 aromatic rings. The van der Waals surface area contributed by atoms with Crippen LogP contribution in [0.25, 0.3) is 42.1 Å². The van der Waals surface area contributed by atoms with Gasteiger partial charge in [0.25, 0.3) is 0 Å². The maximum absolute atomic E-state index is 8.58. The molecule has 4 heteroatoms. The van der Waals surface area contributed by atoms with Gasteiger partial charge in [-0.25, -0.2) is 0 Å². The molecule has 0 saturated carbocycles. The first-order chi connectivity index (χ1) is 26.7. The van der Waals surface area contributed by atoms with E-state index in [1.165, 1.54) is 20.9 Å². The van der Waals surface area contributed by atoms with Crippen LogP contribution in [0.15, 0.2) is 192 Å². The Morgan fingerprint density at radius 1 is 0.420 bits per heavy atom. The molecule has 0 amide bonds. The number of nitrogens with zero attached hydrogens (tertiary/aromatic N) is 2. The van der Waals surface area contributed by atoms with Gasteiger partial charge in [-0.15, -0.1) is 11.3 Å². The molecule has 0 fully saturated rings. The molecule has 0 aliphatic rings. The topological polar surface area (TPSA) is 6.48 Å². The van der Waals surface area contributed by atoms with Crippen molar-refractivity contribution in [3.63, 3.8) is 0 Å². The molecule has 0 unspecified atom stereocenters. The predicted molar refractivity (Wildman–Crippen MR) is 219 cm³/mol. The van der Waals surface area contributed by atoms with Gasteiger partial charge in [0.15, 0.2) is 0 Å². The van der Waals surface area contributed by atoms with Crippen LogP contribution in [0.4, 0.5) is 34.1 Å². The van der Waals surface area contributed by atoms with E-state index in [4.69, 9.17) is 6.85 Å². The van der Waals surface area contributed by atoms with Crippen LogP contribution < -0.4 is 9.80 Å². The summed E-state index contributed by atoms with van der Waals surface area (Å²) in [5.74, 6) is 0. The monoisotopic (exact) mass is 727 g/mol. The summed E-state index contributed by atoms with van der Waals surface area (Å²) in [6.07, 6.45) is 0. The predicted octanol–water partition coefficient (Wildman–Crippen LogP) is 14.6. The first-order valence-corrected chi connectivity index (χ1v) is 17.9. The Morgan fingerprint density at radius 3 is 1.80 bits per heavy atom. The van der Waals surface area contributed by atoms with Crippen molar-refractivity contribution in [2.24, 2.45) is 0 Å². The van der Waals surface area contributed by atoms with Crippen molar-refractivity contribution < 1.29 is 6.85 Å². The molecule has 8 aromatic carbocycles. The molecule has 0 N–H and O–H groups in total. The first-order valence-electron chi connectivity index (χ1n) is 18.8. The van der Waals surface area contributed by atoms with Crippen LogP contribution >= 0.6 is 27.3 Å². The number of halogens is 1. The van der Waals surface area contributed by atoms with E-state index < -0.39 is 6.04 Å². The number of para-hydroxylation sites is 1. The highest BCUT2D eigenvalue weighted by Gasteiger charge is 2.20. The Hall–Kier alpha value is -5.68. The van der Waals surface area contributed by atoms with E-state index in [0.29, 0.717) is 5.56 Å². The van der Waals surface area contributed by atoms with Crippen molar-refractivity contribution in [3.05, 3.63) is 192 Å². The van der Waals surface area contributed by atoms with E-state index in [9.17, 15) is 0 Å². The van der Waals surface area contributed by atoms with E-state index in [0.717, 1.165) is 48.7 Å². The summed E-state index contributed by atoms with van der Waals surface area (Å²) < 4.78 is 45.0. The minimum absolute atomic E-state index is 0.175. The summed E-state index contributed by atoms with van der Waals surface area (Å²) >= 11 is 5.64. The molecule has 9 rings (SSSR count). The molecule has 2 nitrogen and oxygen atoms in total. The van der Waals surface area contributed by atoms with Gasteiger partial charge in [0.1, 0.15) is 0 Å². The average Bonchev–Trinajstić information content (AvgIpc) is 3.58. The van der Waals surface area contributed by atoms with E-state index in [1.807, 2.05) is 42.5 Å². The summed E-state index contributed by atoms with van der Waals surface area (Å²) in [5.41, 5.74) is 6.42. The third kappa shape index (κ3) is 5.73. The van der Waals surface area contributed by atoms with Crippen LogP contribution in [0, 0.1) is 0 Å². The Balaban J connectivity index is 1.23. The lowest BCUT2D eigenvalue weighted by Gasteiger charge is -2.30. The van der Waals surface area contributed by atoms with E-state index >= 15 is 0 Å². The van der Waals surface area contributed by atoms with Crippen molar-refractivity contribution in [3.8, 4) is 11.1 Å². The van der Waals surface area contributed by atoms with Crippen molar-refractivity contribution in [1.29, 1.82) is 0 Å². The lowest BCUT2D eigenvalue weighted by molar-refractivity contribution is 1.25. The largest absolute Gasteiger partial charge is 0.310 e. The van der Waals surface area contributed by atoms with Gasteiger partial charge in [0, 0.05) is 58.8 Å². The zero-order valence-corrected chi connectivity index (χ0v) is 29.1. The smallest absolute Gasteiger partial charge is 0.0629 e. The highest BCUT2D eigenvalue weighted by Crippen LogP contribution is 2.45. The molecule has 1 aromatic heterocycles. The zero-order valence-electron chi connectivity index (χ0n) is 31.7. The van der Waals surface area contributed by atoms with Crippen LogP contribution in [0.5, 0.6) is 0 Å². The molecular weight excluding hydrogens is 692 g/mol. The zero-order chi connectivity index (χ0) is 37.8. The summed E-state index contributed by atoms with van der Waals surface area (Å²) in [5, 5.41) is 4.74. The van der Waals surface area contributed by atoms with Gasteiger partial charge < -0.3 is 9.80 Å². The van der Waals surface area contributed by atoms with E-state index in [-0.39, 0.29) is 29.7 Å². The SMILES string of the molecule is [2H]c1c([2H])c([2H])c(-c2ccc(N(c3cc(Br)cc(N(c4ccccc4)c4ccc5ccccc5c4)c3)c3ccc4c(c3)sc3ccccc34)cc2)c([2H])c1[2H]. The first kappa shape index (κ1) is 25.3. The normalized spacial score (nSPS) is 12.7.